The quantitative estimate of drug-likeness (QED) is 0.713. The number of hydrogen-bond acceptors (Lipinski definition) is 4. The smallest absolute Gasteiger partial charge is 0.345 e. The lowest BCUT2D eigenvalue weighted by molar-refractivity contribution is -0.175. The molecule has 3 atom stereocenters. The SMILES string of the molecule is CC(=O)N[C@@H](C)C(=O)N1CCC[C@H]1C(=O)N[C@H](C(=O)C(F)(F)F)C(C)C. The van der Waals surface area contributed by atoms with Crippen LogP contribution in [0.3, 0.4) is 0 Å². The first-order valence-electron chi connectivity index (χ1n) is 8.35. The van der Waals surface area contributed by atoms with Crippen molar-refractivity contribution >= 4 is 23.5 Å². The minimum Gasteiger partial charge on any atom is -0.345 e. The Balaban J connectivity index is 2.88. The molecule has 0 bridgehead atoms. The van der Waals surface area contributed by atoms with Crippen LogP contribution < -0.4 is 10.6 Å². The van der Waals surface area contributed by atoms with E-state index in [-0.39, 0.29) is 13.0 Å². The first kappa shape index (κ1) is 21.9. The van der Waals surface area contributed by atoms with E-state index in [0.29, 0.717) is 6.42 Å². The average Bonchev–Trinajstić information content (AvgIpc) is 2.98. The number of likely N-dealkylation sites (tertiary alicyclic amines) is 1. The highest BCUT2D eigenvalue weighted by Gasteiger charge is 2.46. The summed E-state index contributed by atoms with van der Waals surface area (Å²) < 4.78 is 38.1. The van der Waals surface area contributed by atoms with Gasteiger partial charge in [0.15, 0.2) is 0 Å². The minimum absolute atomic E-state index is 0.250. The fourth-order valence-electron chi connectivity index (χ4n) is 2.88. The number of nitrogens with one attached hydrogen (secondary N) is 2. The van der Waals surface area contributed by atoms with Crippen LogP contribution in [0, 0.1) is 5.92 Å². The highest BCUT2D eigenvalue weighted by molar-refractivity contribution is 5.96. The van der Waals surface area contributed by atoms with Gasteiger partial charge in [-0.25, -0.2) is 0 Å². The summed E-state index contributed by atoms with van der Waals surface area (Å²) in [5.41, 5.74) is 0. The molecule has 0 unspecified atom stereocenters. The molecule has 0 radical (unpaired) electrons. The predicted octanol–water partition coefficient (Wildman–Crippen LogP) is 0.774. The number of halogens is 3. The van der Waals surface area contributed by atoms with Crippen LogP contribution in [0.25, 0.3) is 0 Å². The van der Waals surface area contributed by atoms with Crippen molar-refractivity contribution in [3.05, 3.63) is 0 Å². The molecule has 0 aromatic heterocycles. The molecular weight excluding hydrogens is 355 g/mol. The van der Waals surface area contributed by atoms with Gasteiger partial charge in [0.2, 0.25) is 17.7 Å². The Morgan fingerprint density at radius 1 is 1.08 bits per heavy atom. The zero-order valence-electron chi connectivity index (χ0n) is 15.1. The Morgan fingerprint density at radius 2 is 1.65 bits per heavy atom. The van der Waals surface area contributed by atoms with Gasteiger partial charge >= 0.3 is 6.18 Å². The maximum absolute atomic E-state index is 12.7. The van der Waals surface area contributed by atoms with Crippen LogP contribution in [0.4, 0.5) is 13.2 Å². The molecule has 3 amide bonds. The van der Waals surface area contributed by atoms with Crippen molar-refractivity contribution in [2.45, 2.75) is 64.8 Å². The third-order valence-electron chi connectivity index (χ3n) is 4.16. The summed E-state index contributed by atoms with van der Waals surface area (Å²) in [7, 11) is 0. The molecule has 0 spiro atoms. The number of ketones is 1. The molecule has 26 heavy (non-hydrogen) atoms. The van der Waals surface area contributed by atoms with Crippen LogP contribution in [-0.2, 0) is 19.2 Å². The van der Waals surface area contributed by atoms with Crippen molar-refractivity contribution in [3.8, 4) is 0 Å². The lowest BCUT2D eigenvalue weighted by Crippen LogP contribution is -2.56. The lowest BCUT2D eigenvalue weighted by Gasteiger charge is -2.29. The highest BCUT2D eigenvalue weighted by atomic mass is 19.4. The third kappa shape index (κ3) is 5.43. The zero-order chi connectivity index (χ0) is 20.2. The standard InChI is InChI=1S/C16H24F3N3O4/c1-8(2)12(13(24)16(17,18)19)21-14(25)11-6-5-7-22(11)15(26)9(3)20-10(4)23/h8-9,11-12H,5-7H2,1-4H3,(H,20,23)(H,21,25)/t9-,11-,12-/m0/s1. The molecule has 1 aliphatic rings. The van der Waals surface area contributed by atoms with Crippen LogP contribution in [0.5, 0.6) is 0 Å². The molecule has 7 nitrogen and oxygen atoms in total. The van der Waals surface area contributed by atoms with Gasteiger partial charge in [-0.1, -0.05) is 13.8 Å². The van der Waals surface area contributed by atoms with E-state index in [4.69, 9.17) is 0 Å². The number of alkyl halides is 3. The highest BCUT2D eigenvalue weighted by Crippen LogP contribution is 2.23. The number of carbonyl (C=O) groups is 4. The van der Waals surface area contributed by atoms with E-state index < -0.39 is 53.7 Å². The van der Waals surface area contributed by atoms with Crippen molar-refractivity contribution in [1.29, 1.82) is 0 Å². The molecule has 0 saturated carbocycles. The number of nitrogens with zero attached hydrogens (tertiary/aromatic N) is 1. The number of amides is 3. The normalized spacial score (nSPS) is 19.8. The zero-order valence-corrected chi connectivity index (χ0v) is 15.1. The van der Waals surface area contributed by atoms with Crippen molar-refractivity contribution in [2.24, 2.45) is 5.92 Å². The number of Topliss-reactive ketones (excluding diaryl/α,β-unsaturated/α-hetero) is 1. The van der Waals surface area contributed by atoms with E-state index in [2.05, 4.69) is 10.6 Å². The summed E-state index contributed by atoms with van der Waals surface area (Å²) in [5, 5.41) is 4.55. The van der Waals surface area contributed by atoms with E-state index in [1.54, 1.807) is 0 Å². The van der Waals surface area contributed by atoms with Crippen molar-refractivity contribution in [2.75, 3.05) is 6.54 Å². The molecular formula is C16H24F3N3O4. The Kier molecular flexibility index (Phi) is 7.16. The van der Waals surface area contributed by atoms with Gasteiger partial charge in [0, 0.05) is 13.5 Å². The number of carbonyl (C=O) groups excluding carboxylic acids is 4. The fraction of sp³-hybridized carbons (Fsp3) is 0.750. The fourth-order valence-corrected chi connectivity index (χ4v) is 2.88. The topological polar surface area (TPSA) is 95.6 Å². The van der Waals surface area contributed by atoms with Gasteiger partial charge in [-0.15, -0.1) is 0 Å². The van der Waals surface area contributed by atoms with Crippen molar-refractivity contribution in [1.82, 2.24) is 15.5 Å². The third-order valence-corrected chi connectivity index (χ3v) is 4.16. The molecule has 1 aliphatic heterocycles. The summed E-state index contributed by atoms with van der Waals surface area (Å²) >= 11 is 0. The monoisotopic (exact) mass is 379 g/mol. The Bertz CT molecular complexity index is 578. The van der Waals surface area contributed by atoms with Gasteiger partial charge in [0.05, 0.1) is 6.04 Å². The summed E-state index contributed by atoms with van der Waals surface area (Å²) in [4.78, 5) is 48.7. The molecule has 10 heteroatoms. The lowest BCUT2D eigenvalue weighted by atomic mass is 9.98. The van der Waals surface area contributed by atoms with E-state index in [1.165, 1.54) is 32.6 Å². The second-order valence-electron chi connectivity index (χ2n) is 6.70. The Morgan fingerprint density at radius 3 is 2.12 bits per heavy atom. The summed E-state index contributed by atoms with van der Waals surface area (Å²) in [6.07, 6.45) is -4.29. The molecule has 0 aliphatic carbocycles. The molecule has 0 aromatic carbocycles. The van der Waals surface area contributed by atoms with Gasteiger partial charge in [0.25, 0.3) is 5.78 Å². The molecule has 1 saturated heterocycles. The second-order valence-corrected chi connectivity index (χ2v) is 6.70. The molecule has 0 aromatic rings. The molecule has 1 rings (SSSR count). The van der Waals surface area contributed by atoms with Gasteiger partial charge in [-0.3, -0.25) is 19.2 Å². The molecule has 2 N–H and O–H groups in total. The van der Waals surface area contributed by atoms with Crippen LogP contribution >= 0.6 is 0 Å². The maximum atomic E-state index is 12.7. The van der Waals surface area contributed by atoms with Gasteiger partial charge in [-0.2, -0.15) is 13.2 Å². The largest absolute Gasteiger partial charge is 0.452 e. The first-order valence-corrected chi connectivity index (χ1v) is 8.35. The van der Waals surface area contributed by atoms with Gasteiger partial charge in [-0.05, 0) is 25.7 Å². The van der Waals surface area contributed by atoms with Gasteiger partial charge < -0.3 is 15.5 Å². The van der Waals surface area contributed by atoms with Crippen LogP contribution in [-0.4, -0.2) is 59.3 Å². The maximum Gasteiger partial charge on any atom is 0.452 e. The average molecular weight is 379 g/mol. The predicted molar refractivity (Wildman–Crippen MR) is 85.8 cm³/mol. The summed E-state index contributed by atoms with van der Waals surface area (Å²) in [6.45, 7) is 5.74. The summed E-state index contributed by atoms with van der Waals surface area (Å²) in [5.74, 6) is -4.51. The first-order chi connectivity index (χ1) is 11.9. The minimum atomic E-state index is -5.06. The van der Waals surface area contributed by atoms with Crippen LogP contribution in [0.2, 0.25) is 0 Å². The van der Waals surface area contributed by atoms with Crippen LogP contribution in [0.15, 0.2) is 0 Å². The van der Waals surface area contributed by atoms with E-state index in [9.17, 15) is 32.3 Å². The van der Waals surface area contributed by atoms with Gasteiger partial charge in [0.1, 0.15) is 12.1 Å². The van der Waals surface area contributed by atoms with Crippen molar-refractivity contribution in [3.63, 3.8) is 0 Å². The molecule has 1 fully saturated rings. The van der Waals surface area contributed by atoms with Crippen LogP contribution in [0.1, 0.15) is 40.5 Å². The van der Waals surface area contributed by atoms with E-state index in [1.807, 2.05) is 0 Å². The Labute approximate surface area is 149 Å². The van der Waals surface area contributed by atoms with Crippen molar-refractivity contribution < 1.29 is 32.3 Å². The number of hydrogen-bond donors (Lipinski definition) is 2. The summed E-state index contributed by atoms with van der Waals surface area (Å²) in [6, 6.07) is -3.55. The Hall–Kier alpha value is -2.13. The number of rotatable bonds is 6. The molecule has 1 heterocycles. The second kappa shape index (κ2) is 8.50. The van der Waals surface area contributed by atoms with E-state index in [0.717, 1.165) is 0 Å². The molecule has 148 valence electrons. The van der Waals surface area contributed by atoms with E-state index >= 15 is 0 Å².